The molecule has 0 fully saturated rings. The van der Waals surface area contributed by atoms with Gasteiger partial charge in [-0.3, -0.25) is 9.98 Å². The number of ether oxygens (including phenoxy) is 1. The molecule has 0 saturated carbocycles. The van der Waals surface area contributed by atoms with E-state index in [9.17, 15) is 18.0 Å². The fourth-order valence-electron chi connectivity index (χ4n) is 2.79. The fraction of sp³-hybridized carbons (Fsp3) is 0.278. The molecule has 2 heterocycles. The first-order valence-corrected chi connectivity index (χ1v) is 8.02. The van der Waals surface area contributed by atoms with E-state index in [0.717, 1.165) is 12.1 Å². The lowest BCUT2D eigenvalue weighted by atomic mass is 9.95. The number of esters is 1. The predicted octanol–water partition coefficient (Wildman–Crippen LogP) is 3.34. The van der Waals surface area contributed by atoms with Crippen molar-refractivity contribution in [1.82, 2.24) is 5.32 Å². The van der Waals surface area contributed by atoms with Crippen molar-refractivity contribution in [2.24, 2.45) is 9.98 Å². The molecule has 2 aliphatic heterocycles. The van der Waals surface area contributed by atoms with Crippen LogP contribution in [-0.4, -0.2) is 24.1 Å². The van der Waals surface area contributed by atoms with Gasteiger partial charge in [-0.15, -0.1) is 0 Å². The molecule has 5 nitrogen and oxygen atoms in total. The first kappa shape index (κ1) is 17.9. The molecule has 26 heavy (non-hydrogen) atoms. The minimum absolute atomic E-state index is 0.0343. The molecule has 1 aromatic rings. The molecule has 0 saturated heterocycles. The van der Waals surface area contributed by atoms with E-state index in [2.05, 4.69) is 15.3 Å². The number of hydrogen-bond donors (Lipinski definition) is 1. The Hall–Kier alpha value is -2.90. The highest BCUT2D eigenvalue weighted by atomic mass is 19.2. The van der Waals surface area contributed by atoms with Gasteiger partial charge in [0.1, 0.15) is 11.9 Å². The molecule has 0 aliphatic carbocycles. The van der Waals surface area contributed by atoms with Crippen LogP contribution < -0.4 is 5.32 Å². The highest BCUT2D eigenvalue weighted by molar-refractivity contribution is 6.43. The molecule has 1 N–H and O–H groups in total. The van der Waals surface area contributed by atoms with Crippen molar-refractivity contribution in [3.63, 3.8) is 0 Å². The van der Waals surface area contributed by atoms with E-state index in [1.807, 2.05) is 6.08 Å². The van der Waals surface area contributed by atoms with Crippen LogP contribution in [0, 0.1) is 17.5 Å². The van der Waals surface area contributed by atoms with Gasteiger partial charge in [-0.1, -0.05) is 12.1 Å². The Balaban J connectivity index is 2.12. The second-order valence-electron chi connectivity index (χ2n) is 5.69. The van der Waals surface area contributed by atoms with Gasteiger partial charge in [0.05, 0.1) is 17.9 Å². The Morgan fingerprint density at radius 2 is 2.08 bits per heavy atom. The Labute approximate surface area is 148 Å². The van der Waals surface area contributed by atoms with E-state index in [0.29, 0.717) is 23.7 Å². The van der Waals surface area contributed by atoms with Gasteiger partial charge < -0.3 is 10.1 Å². The molecule has 8 heteroatoms. The largest absolute Gasteiger partial charge is 0.463 e. The topological polar surface area (TPSA) is 63.0 Å². The van der Waals surface area contributed by atoms with Crippen LogP contribution in [0.25, 0.3) is 0 Å². The monoisotopic (exact) mass is 363 g/mol. The second kappa shape index (κ2) is 7.15. The standard InChI is InChI=1S/C18H16F3N3O2/c1-3-26-18(25)13-9(2)23-17(12-5-4-8-22-12)24-16(13)10-6-7-11(19)15(21)14(10)20/h4,6-8,16H,3,5H2,1-2H3,(H,23,24). The summed E-state index contributed by atoms with van der Waals surface area (Å²) in [6.07, 6.45) is 3.93. The Bertz CT molecular complexity index is 888. The molecule has 136 valence electrons. The van der Waals surface area contributed by atoms with Crippen molar-refractivity contribution in [1.29, 1.82) is 0 Å². The number of allylic oxidation sites excluding steroid dienone is 2. The number of rotatable bonds is 4. The Morgan fingerprint density at radius 3 is 2.73 bits per heavy atom. The van der Waals surface area contributed by atoms with Gasteiger partial charge in [-0.2, -0.15) is 0 Å². The number of carbonyl (C=O) groups excluding carboxylic acids is 1. The Kier molecular flexibility index (Phi) is 4.92. The number of halogens is 3. The number of carbonyl (C=O) groups is 1. The molecule has 0 amide bonds. The van der Waals surface area contributed by atoms with E-state index < -0.39 is 29.5 Å². The maximum absolute atomic E-state index is 14.4. The van der Waals surface area contributed by atoms with Gasteiger partial charge in [0, 0.05) is 23.9 Å². The fourth-order valence-corrected chi connectivity index (χ4v) is 2.79. The van der Waals surface area contributed by atoms with Crippen LogP contribution >= 0.6 is 0 Å². The van der Waals surface area contributed by atoms with Crippen LogP contribution in [0.4, 0.5) is 13.2 Å². The van der Waals surface area contributed by atoms with Crippen molar-refractivity contribution in [3.05, 3.63) is 58.7 Å². The first-order chi connectivity index (χ1) is 12.4. The Morgan fingerprint density at radius 1 is 1.31 bits per heavy atom. The summed E-state index contributed by atoms with van der Waals surface area (Å²) in [5.74, 6) is -4.68. The van der Waals surface area contributed by atoms with Gasteiger partial charge in [0.25, 0.3) is 0 Å². The smallest absolute Gasteiger partial charge is 0.338 e. The molecule has 3 rings (SSSR count). The predicted molar refractivity (Wildman–Crippen MR) is 90.2 cm³/mol. The van der Waals surface area contributed by atoms with E-state index in [1.54, 1.807) is 20.0 Å². The number of aliphatic imine (C=N–C) groups is 2. The van der Waals surface area contributed by atoms with Gasteiger partial charge in [-0.05, 0) is 19.9 Å². The summed E-state index contributed by atoms with van der Waals surface area (Å²) in [7, 11) is 0. The molecular formula is C18H16F3N3O2. The van der Waals surface area contributed by atoms with Crippen LogP contribution in [0.3, 0.4) is 0 Å². The van der Waals surface area contributed by atoms with Crippen molar-refractivity contribution in [2.75, 3.05) is 6.61 Å². The SMILES string of the molecule is CCOC(=O)C1=C(C)NC(C2=NC=CC2)=NC1c1ccc(F)c(F)c1F. The molecule has 0 radical (unpaired) electrons. The van der Waals surface area contributed by atoms with Crippen LogP contribution in [0.15, 0.2) is 45.7 Å². The van der Waals surface area contributed by atoms with Crippen LogP contribution in [0.2, 0.25) is 0 Å². The third kappa shape index (κ3) is 3.14. The summed E-state index contributed by atoms with van der Waals surface area (Å²) in [6, 6.07) is 0.702. The lowest BCUT2D eigenvalue weighted by Crippen LogP contribution is -2.36. The van der Waals surface area contributed by atoms with Gasteiger partial charge >= 0.3 is 5.97 Å². The van der Waals surface area contributed by atoms with Gasteiger partial charge in [-0.25, -0.2) is 18.0 Å². The van der Waals surface area contributed by atoms with Crippen molar-refractivity contribution in [2.45, 2.75) is 26.3 Å². The molecule has 0 bridgehead atoms. The molecule has 1 unspecified atom stereocenters. The van der Waals surface area contributed by atoms with Crippen molar-refractivity contribution >= 4 is 17.5 Å². The first-order valence-electron chi connectivity index (χ1n) is 8.02. The average molecular weight is 363 g/mol. The maximum Gasteiger partial charge on any atom is 0.338 e. The quantitative estimate of drug-likeness (QED) is 0.659. The lowest BCUT2D eigenvalue weighted by Gasteiger charge is -2.26. The molecule has 0 aromatic heterocycles. The minimum atomic E-state index is -1.61. The number of benzene rings is 1. The number of nitrogens with zero attached hydrogens (tertiary/aromatic N) is 2. The van der Waals surface area contributed by atoms with E-state index in [4.69, 9.17) is 4.74 Å². The summed E-state index contributed by atoms with van der Waals surface area (Å²) in [4.78, 5) is 20.9. The second-order valence-corrected chi connectivity index (χ2v) is 5.69. The summed E-state index contributed by atoms with van der Waals surface area (Å²) in [6.45, 7) is 3.34. The zero-order valence-electron chi connectivity index (χ0n) is 14.1. The van der Waals surface area contributed by atoms with E-state index in [1.165, 1.54) is 0 Å². The molecule has 1 atom stereocenters. The lowest BCUT2D eigenvalue weighted by molar-refractivity contribution is -0.138. The van der Waals surface area contributed by atoms with Crippen LogP contribution in [-0.2, 0) is 9.53 Å². The van der Waals surface area contributed by atoms with Crippen LogP contribution in [0.5, 0.6) is 0 Å². The summed E-state index contributed by atoms with van der Waals surface area (Å²) in [5.41, 5.74) is 0.765. The summed E-state index contributed by atoms with van der Waals surface area (Å²) < 4.78 is 46.4. The zero-order valence-corrected chi connectivity index (χ0v) is 14.1. The molecule has 1 aromatic carbocycles. The zero-order chi connectivity index (χ0) is 18.8. The minimum Gasteiger partial charge on any atom is -0.463 e. The maximum atomic E-state index is 14.4. The van der Waals surface area contributed by atoms with Crippen molar-refractivity contribution in [3.8, 4) is 0 Å². The third-order valence-electron chi connectivity index (χ3n) is 4.02. The van der Waals surface area contributed by atoms with Gasteiger partial charge in [0.15, 0.2) is 17.5 Å². The normalized spacial score (nSPS) is 19.2. The highest BCUT2D eigenvalue weighted by Gasteiger charge is 2.34. The number of amidine groups is 1. The highest BCUT2D eigenvalue weighted by Crippen LogP contribution is 2.34. The number of hydrogen-bond acceptors (Lipinski definition) is 5. The summed E-state index contributed by atoms with van der Waals surface area (Å²) in [5, 5.41) is 2.96. The average Bonchev–Trinajstić information content (AvgIpc) is 3.14. The van der Waals surface area contributed by atoms with Gasteiger partial charge in [0.2, 0.25) is 0 Å². The molecular weight excluding hydrogens is 347 g/mol. The summed E-state index contributed by atoms with van der Waals surface area (Å²) >= 11 is 0. The molecule has 0 spiro atoms. The number of nitrogens with one attached hydrogen (secondary N) is 1. The molecule has 2 aliphatic rings. The van der Waals surface area contributed by atoms with E-state index >= 15 is 0 Å². The third-order valence-corrected chi connectivity index (χ3v) is 4.02. The van der Waals surface area contributed by atoms with Crippen LogP contribution in [0.1, 0.15) is 31.9 Å². The van der Waals surface area contributed by atoms with Crippen molar-refractivity contribution < 1.29 is 22.7 Å². The van der Waals surface area contributed by atoms with E-state index in [-0.39, 0.29) is 17.7 Å².